The largest absolute Gasteiger partial charge is 0.472 e. The molecular formula is C84H164O17P2. The molecule has 0 amide bonds. The topological polar surface area (TPSA) is 237 Å². The molecule has 0 spiro atoms. The van der Waals surface area contributed by atoms with E-state index >= 15 is 0 Å². The second-order valence-corrected chi connectivity index (χ2v) is 34.1. The van der Waals surface area contributed by atoms with Gasteiger partial charge in [0.05, 0.1) is 26.4 Å². The number of unbranched alkanes of at least 4 members (excludes halogenated alkanes) is 53. The van der Waals surface area contributed by atoms with Crippen LogP contribution >= 0.6 is 15.6 Å². The molecule has 0 rings (SSSR count). The van der Waals surface area contributed by atoms with E-state index < -0.39 is 97.5 Å². The number of rotatable bonds is 83. The van der Waals surface area contributed by atoms with Gasteiger partial charge in [-0.05, 0) is 37.5 Å². The van der Waals surface area contributed by atoms with Crippen LogP contribution in [0.25, 0.3) is 0 Å². The van der Waals surface area contributed by atoms with Gasteiger partial charge < -0.3 is 33.8 Å². The summed E-state index contributed by atoms with van der Waals surface area (Å²) in [7, 11) is -9.92. The number of carbonyl (C=O) groups is 4. The fraction of sp³-hybridized carbons (Fsp3) is 0.952. The zero-order chi connectivity index (χ0) is 75.6. The van der Waals surface area contributed by atoms with Crippen molar-refractivity contribution in [3.05, 3.63) is 0 Å². The van der Waals surface area contributed by atoms with Gasteiger partial charge >= 0.3 is 39.5 Å². The summed E-state index contributed by atoms with van der Waals surface area (Å²) in [5.41, 5.74) is 0. The first-order valence-corrected chi connectivity index (χ1v) is 46.5. The minimum atomic E-state index is -4.96. The van der Waals surface area contributed by atoms with E-state index in [4.69, 9.17) is 37.0 Å². The van der Waals surface area contributed by atoms with Crippen LogP contribution in [0.15, 0.2) is 0 Å². The monoisotopic (exact) mass is 1510 g/mol. The fourth-order valence-corrected chi connectivity index (χ4v) is 14.6. The lowest BCUT2D eigenvalue weighted by Crippen LogP contribution is -2.30. The van der Waals surface area contributed by atoms with E-state index in [9.17, 15) is 43.2 Å². The van der Waals surface area contributed by atoms with E-state index in [2.05, 4.69) is 41.5 Å². The predicted octanol–water partition coefficient (Wildman–Crippen LogP) is 25.5. The van der Waals surface area contributed by atoms with Gasteiger partial charge in [-0.1, -0.05) is 395 Å². The molecule has 0 aliphatic rings. The number of aliphatic hydroxyl groups is 1. The zero-order valence-corrected chi connectivity index (χ0v) is 69.4. The molecule has 0 saturated heterocycles. The first kappa shape index (κ1) is 101. The van der Waals surface area contributed by atoms with Crippen LogP contribution in [0.5, 0.6) is 0 Å². The molecule has 0 bridgehead atoms. The average Bonchev–Trinajstić information content (AvgIpc) is 0.943. The van der Waals surface area contributed by atoms with E-state index in [1.54, 1.807) is 0 Å². The Morgan fingerprint density at radius 1 is 0.262 bits per heavy atom. The molecule has 103 heavy (non-hydrogen) atoms. The summed E-state index contributed by atoms with van der Waals surface area (Å²) in [6.45, 7) is 9.62. The maximum absolute atomic E-state index is 13.1. The summed E-state index contributed by atoms with van der Waals surface area (Å²) in [4.78, 5) is 73.1. The lowest BCUT2D eigenvalue weighted by Gasteiger charge is -2.21. The normalized spacial score (nSPS) is 13.9. The van der Waals surface area contributed by atoms with Crippen LogP contribution in [0, 0.1) is 11.8 Å². The second kappa shape index (κ2) is 75.5. The Kier molecular flexibility index (Phi) is 74.1. The van der Waals surface area contributed by atoms with Crippen LogP contribution in [-0.4, -0.2) is 96.7 Å². The van der Waals surface area contributed by atoms with Gasteiger partial charge in [0, 0.05) is 25.7 Å². The lowest BCUT2D eigenvalue weighted by atomic mass is 10.0. The third-order valence-electron chi connectivity index (χ3n) is 19.7. The van der Waals surface area contributed by atoms with Crippen LogP contribution in [0.4, 0.5) is 0 Å². The fourth-order valence-electron chi connectivity index (χ4n) is 13.1. The second-order valence-electron chi connectivity index (χ2n) is 31.2. The van der Waals surface area contributed by atoms with Crippen LogP contribution in [0.2, 0.25) is 0 Å². The Balaban J connectivity index is 5.21. The van der Waals surface area contributed by atoms with Crippen molar-refractivity contribution in [3.8, 4) is 0 Å². The Hall–Kier alpha value is -1.94. The summed E-state index contributed by atoms with van der Waals surface area (Å²) in [5, 5.41) is 10.7. The number of aliphatic hydroxyl groups excluding tert-OH is 1. The van der Waals surface area contributed by atoms with Crippen molar-refractivity contribution in [1.29, 1.82) is 0 Å². The minimum Gasteiger partial charge on any atom is -0.462 e. The molecule has 5 atom stereocenters. The first-order chi connectivity index (χ1) is 49.9. The van der Waals surface area contributed by atoms with Crippen LogP contribution < -0.4 is 0 Å². The zero-order valence-electron chi connectivity index (χ0n) is 67.6. The van der Waals surface area contributed by atoms with Gasteiger partial charge in [-0.2, -0.15) is 0 Å². The maximum Gasteiger partial charge on any atom is 0.472 e. The van der Waals surface area contributed by atoms with Crippen LogP contribution in [0.3, 0.4) is 0 Å². The molecule has 0 radical (unpaired) electrons. The van der Waals surface area contributed by atoms with Gasteiger partial charge in [0.15, 0.2) is 12.2 Å². The molecule has 0 aliphatic heterocycles. The number of esters is 4. The van der Waals surface area contributed by atoms with Gasteiger partial charge in [0.1, 0.15) is 19.3 Å². The van der Waals surface area contributed by atoms with E-state index in [1.165, 1.54) is 257 Å². The highest BCUT2D eigenvalue weighted by atomic mass is 31.2. The Morgan fingerprint density at radius 3 is 0.660 bits per heavy atom. The molecule has 0 aromatic heterocycles. The smallest absolute Gasteiger partial charge is 0.462 e. The van der Waals surface area contributed by atoms with Crippen molar-refractivity contribution >= 4 is 39.5 Å². The van der Waals surface area contributed by atoms with Gasteiger partial charge in [-0.15, -0.1) is 0 Å². The number of hydrogen-bond donors (Lipinski definition) is 3. The molecule has 0 fully saturated rings. The summed E-state index contributed by atoms with van der Waals surface area (Å²) in [6, 6.07) is 0. The number of carbonyl (C=O) groups excluding carboxylic acids is 4. The molecule has 17 nitrogen and oxygen atoms in total. The van der Waals surface area contributed by atoms with E-state index in [1.807, 2.05) is 0 Å². The van der Waals surface area contributed by atoms with Crippen molar-refractivity contribution in [3.63, 3.8) is 0 Å². The van der Waals surface area contributed by atoms with Gasteiger partial charge in [0.25, 0.3) is 0 Å². The molecule has 0 aromatic rings. The summed E-state index contributed by atoms with van der Waals surface area (Å²) in [5.74, 6) is -0.595. The standard InChI is InChI=1S/C84H164O17P2/c1-7-9-11-13-15-17-19-21-22-23-24-25-26-27-28-31-36-40-44-50-57-63-69-84(89)100-79(72-94-81(86)66-60-54-48-42-38-35-32-29-30-34-37-41-46-52-58-64-76(3)4)74-98-102(90,91)96-70-78(85)71-97-103(92,93)99-75-80(73-95-82(87)67-61-55-51-45-47-53-59-65-77(5)6)101-83(88)68-62-56-49-43-39-33-20-18-16-14-12-10-8-2/h76-80,85H,7-75H2,1-6H3,(H,90,91)(H,92,93)/t78-,79-,80-/m1/s1. The van der Waals surface area contributed by atoms with Gasteiger partial charge in [-0.3, -0.25) is 37.3 Å². The van der Waals surface area contributed by atoms with Gasteiger partial charge in [0.2, 0.25) is 0 Å². The SMILES string of the molecule is CCCCCCCCCCCCCCCCCCCCCCCCC(=O)O[C@H](COC(=O)CCCCCCCCCCCCCCCCCC(C)C)COP(=O)(O)OC[C@@H](O)COP(=O)(O)OC[C@@H](COC(=O)CCCCCCCCCC(C)C)OC(=O)CCCCCCCCCCCCCCC. The van der Waals surface area contributed by atoms with Crippen molar-refractivity contribution in [2.45, 2.75) is 464 Å². The number of phosphoric acid groups is 2. The molecular weight excluding hydrogens is 1340 g/mol. The third-order valence-corrected chi connectivity index (χ3v) is 21.6. The first-order valence-electron chi connectivity index (χ1n) is 43.5. The van der Waals surface area contributed by atoms with Crippen LogP contribution in [0.1, 0.15) is 446 Å². The quantitative estimate of drug-likeness (QED) is 0.0222. The number of phosphoric ester groups is 2. The maximum atomic E-state index is 13.1. The summed E-state index contributed by atoms with van der Waals surface area (Å²) in [6.07, 6.45) is 66.8. The molecule has 612 valence electrons. The number of hydrogen-bond acceptors (Lipinski definition) is 15. The van der Waals surface area contributed by atoms with Crippen molar-refractivity contribution in [2.24, 2.45) is 11.8 Å². The molecule has 2 unspecified atom stereocenters. The Labute approximate surface area is 632 Å². The Bertz CT molecular complexity index is 1980. The highest BCUT2D eigenvalue weighted by Gasteiger charge is 2.30. The van der Waals surface area contributed by atoms with E-state index in [0.717, 1.165) is 102 Å². The van der Waals surface area contributed by atoms with Crippen molar-refractivity contribution in [2.75, 3.05) is 39.6 Å². The lowest BCUT2D eigenvalue weighted by molar-refractivity contribution is -0.161. The summed E-state index contributed by atoms with van der Waals surface area (Å²) < 4.78 is 68.8. The third kappa shape index (κ3) is 78.0. The minimum absolute atomic E-state index is 0.107. The highest BCUT2D eigenvalue weighted by Crippen LogP contribution is 2.45. The molecule has 19 heteroatoms. The Morgan fingerprint density at radius 2 is 0.447 bits per heavy atom. The predicted molar refractivity (Wildman–Crippen MR) is 423 cm³/mol. The molecule has 0 heterocycles. The van der Waals surface area contributed by atoms with Crippen LogP contribution in [-0.2, 0) is 65.4 Å². The summed E-state index contributed by atoms with van der Waals surface area (Å²) >= 11 is 0. The average molecular weight is 1510 g/mol. The van der Waals surface area contributed by atoms with Crippen molar-refractivity contribution in [1.82, 2.24) is 0 Å². The van der Waals surface area contributed by atoms with Crippen molar-refractivity contribution < 1.29 is 80.2 Å². The molecule has 0 saturated carbocycles. The van der Waals surface area contributed by atoms with Gasteiger partial charge in [-0.25, -0.2) is 9.13 Å². The molecule has 0 aromatic carbocycles. The highest BCUT2D eigenvalue weighted by molar-refractivity contribution is 7.47. The number of ether oxygens (including phenoxy) is 4. The van der Waals surface area contributed by atoms with E-state index in [0.29, 0.717) is 31.6 Å². The van der Waals surface area contributed by atoms with E-state index in [-0.39, 0.29) is 25.7 Å². The molecule has 0 aliphatic carbocycles. The molecule has 3 N–H and O–H groups in total.